The molecule has 2 heterocycles. The lowest BCUT2D eigenvalue weighted by Crippen LogP contribution is -2.27. The maximum Gasteiger partial charge on any atom is 0.259 e. The lowest BCUT2D eigenvalue weighted by Gasteiger charge is -2.18. The summed E-state index contributed by atoms with van der Waals surface area (Å²) in [6, 6.07) is 16.7. The van der Waals surface area contributed by atoms with E-state index in [2.05, 4.69) is 34.0 Å². The van der Waals surface area contributed by atoms with E-state index in [1.807, 2.05) is 42.5 Å². The average Bonchev–Trinajstić information content (AvgIpc) is 2.86. The van der Waals surface area contributed by atoms with Crippen LogP contribution in [0.15, 0.2) is 65.6 Å². The van der Waals surface area contributed by atoms with Gasteiger partial charge in [-0.15, -0.1) is 0 Å². The molecule has 0 spiro atoms. The third-order valence-electron chi connectivity index (χ3n) is 5.78. The molecule has 0 aliphatic heterocycles. The highest BCUT2D eigenvalue weighted by Gasteiger charge is 2.11. The molecule has 0 aliphatic rings. The van der Waals surface area contributed by atoms with Gasteiger partial charge in [0.2, 0.25) is 5.95 Å². The number of anilines is 2. The SMILES string of the molecule is CCN(CC)CCOc1ccc(Nc2ncc3cc(-c4ccc(Cl)cc4)c(=O)n(C)c3n2)cc1. The summed E-state index contributed by atoms with van der Waals surface area (Å²) in [4.78, 5) is 24.3. The van der Waals surface area contributed by atoms with Gasteiger partial charge in [-0.25, -0.2) is 4.98 Å². The Kier molecular flexibility index (Phi) is 7.45. The normalized spacial score (nSPS) is 11.2. The van der Waals surface area contributed by atoms with Crippen molar-refractivity contribution in [3.8, 4) is 16.9 Å². The largest absolute Gasteiger partial charge is 0.492 e. The molecule has 0 radical (unpaired) electrons. The number of pyridine rings is 1. The molecule has 2 aromatic carbocycles. The Morgan fingerprint density at radius 1 is 1.06 bits per heavy atom. The monoisotopic (exact) mass is 477 g/mol. The number of ether oxygens (including phenoxy) is 1. The van der Waals surface area contributed by atoms with Crippen molar-refractivity contribution in [1.29, 1.82) is 0 Å². The van der Waals surface area contributed by atoms with Gasteiger partial charge in [-0.3, -0.25) is 9.36 Å². The molecule has 34 heavy (non-hydrogen) atoms. The lowest BCUT2D eigenvalue weighted by molar-refractivity contribution is 0.223. The highest BCUT2D eigenvalue weighted by molar-refractivity contribution is 6.30. The van der Waals surface area contributed by atoms with Crippen molar-refractivity contribution in [2.24, 2.45) is 7.05 Å². The number of hydrogen-bond donors (Lipinski definition) is 1. The molecular formula is C26H28ClN5O2. The van der Waals surface area contributed by atoms with Crippen molar-refractivity contribution in [2.45, 2.75) is 13.8 Å². The Balaban J connectivity index is 1.50. The smallest absolute Gasteiger partial charge is 0.259 e. The van der Waals surface area contributed by atoms with Gasteiger partial charge in [0, 0.05) is 41.4 Å². The van der Waals surface area contributed by atoms with E-state index in [1.165, 1.54) is 0 Å². The Bertz CT molecular complexity index is 1320. The average molecular weight is 478 g/mol. The van der Waals surface area contributed by atoms with E-state index in [4.69, 9.17) is 16.3 Å². The minimum absolute atomic E-state index is 0.134. The van der Waals surface area contributed by atoms with Gasteiger partial charge in [0.15, 0.2) is 0 Å². The summed E-state index contributed by atoms with van der Waals surface area (Å²) < 4.78 is 7.38. The van der Waals surface area contributed by atoms with Gasteiger partial charge < -0.3 is 15.0 Å². The standard InChI is InChI=1S/C26H28ClN5O2/c1-4-32(5-2)14-15-34-22-12-10-21(11-13-22)29-26-28-17-19-16-23(18-6-8-20(27)9-7-18)25(33)31(3)24(19)30-26/h6-13,16-17H,4-5,14-15H2,1-3H3,(H,28,29,30). The van der Waals surface area contributed by atoms with Crippen LogP contribution in [-0.2, 0) is 7.05 Å². The third-order valence-corrected chi connectivity index (χ3v) is 6.04. The van der Waals surface area contributed by atoms with E-state index in [1.54, 1.807) is 29.9 Å². The van der Waals surface area contributed by atoms with Crippen molar-refractivity contribution in [2.75, 3.05) is 31.6 Å². The fourth-order valence-electron chi connectivity index (χ4n) is 3.74. The molecular weight excluding hydrogens is 450 g/mol. The molecule has 4 aromatic rings. The van der Waals surface area contributed by atoms with E-state index >= 15 is 0 Å². The zero-order valence-corrected chi connectivity index (χ0v) is 20.3. The molecule has 176 valence electrons. The van der Waals surface area contributed by atoms with Crippen molar-refractivity contribution in [1.82, 2.24) is 19.4 Å². The molecule has 0 atom stereocenters. The highest BCUT2D eigenvalue weighted by Crippen LogP contribution is 2.23. The number of hydrogen-bond acceptors (Lipinski definition) is 6. The van der Waals surface area contributed by atoms with E-state index < -0.39 is 0 Å². The topological polar surface area (TPSA) is 72.3 Å². The molecule has 8 heteroatoms. The van der Waals surface area contributed by atoms with Crippen LogP contribution in [0.2, 0.25) is 5.02 Å². The minimum atomic E-state index is -0.134. The van der Waals surface area contributed by atoms with Crippen LogP contribution in [-0.4, -0.2) is 45.7 Å². The first kappa shape index (κ1) is 23.7. The van der Waals surface area contributed by atoms with Crippen molar-refractivity contribution >= 4 is 34.3 Å². The van der Waals surface area contributed by atoms with Gasteiger partial charge in [-0.1, -0.05) is 37.6 Å². The van der Waals surface area contributed by atoms with Crippen LogP contribution < -0.4 is 15.6 Å². The third kappa shape index (κ3) is 5.38. The van der Waals surface area contributed by atoms with Gasteiger partial charge in [-0.2, -0.15) is 4.98 Å². The molecule has 0 saturated carbocycles. The van der Waals surface area contributed by atoms with Crippen LogP contribution >= 0.6 is 11.6 Å². The number of rotatable bonds is 9. The van der Waals surface area contributed by atoms with E-state index in [9.17, 15) is 4.79 Å². The van der Waals surface area contributed by atoms with Crippen LogP contribution in [0.1, 0.15) is 13.8 Å². The number of nitrogens with zero attached hydrogens (tertiary/aromatic N) is 4. The number of aromatic nitrogens is 3. The summed E-state index contributed by atoms with van der Waals surface area (Å²) in [5.41, 5.74) is 2.63. The summed E-state index contributed by atoms with van der Waals surface area (Å²) in [5, 5.41) is 4.60. The van der Waals surface area contributed by atoms with Crippen molar-refractivity contribution in [3.63, 3.8) is 0 Å². The van der Waals surface area contributed by atoms with Gasteiger partial charge in [-0.05, 0) is 61.1 Å². The molecule has 0 unspecified atom stereocenters. The van der Waals surface area contributed by atoms with Crippen molar-refractivity contribution < 1.29 is 4.74 Å². The fourth-order valence-corrected chi connectivity index (χ4v) is 3.87. The Morgan fingerprint density at radius 3 is 2.44 bits per heavy atom. The molecule has 0 fully saturated rings. The second-order valence-corrected chi connectivity index (χ2v) is 8.36. The maximum atomic E-state index is 13.0. The van der Waals surface area contributed by atoms with Gasteiger partial charge in [0.1, 0.15) is 18.0 Å². The maximum absolute atomic E-state index is 13.0. The van der Waals surface area contributed by atoms with Gasteiger partial charge in [0.25, 0.3) is 5.56 Å². The van der Waals surface area contributed by atoms with Crippen LogP contribution in [0.25, 0.3) is 22.2 Å². The molecule has 1 N–H and O–H groups in total. The summed E-state index contributed by atoms with van der Waals surface area (Å²) in [7, 11) is 1.71. The molecule has 0 bridgehead atoms. The highest BCUT2D eigenvalue weighted by atomic mass is 35.5. The lowest BCUT2D eigenvalue weighted by atomic mass is 10.1. The zero-order valence-electron chi connectivity index (χ0n) is 19.6. The minimum Gasteiger partial charge on any atom is -0.492 e. The Hall–Kier alpha value is -3.42. The van der Waals surface area contributed by atoms with Crippen LogP contribution in [0.4, 0.5) is 11.6 Å². The fraction of sp³-hybridized carbons (Fsp3) is 0.269. The first-order valence-corrected chi connectivity index (χ1v) is 11.7. The molecule has 0 aliphatic carbocycles. The summed E-state index contributed by atoms with van der Waals surface area (Å²) in [6.07, 6.45) is 1.72. The molecule has 7 nitrogen and oxygen atoms in total. The van der Waals surface area contributed by atoms with Crippen LogP contribution in [0.3, 0.4) is 0 Å². The number of halogens is 1. The number of benzene rings is 2. The molecule has 4 rings (SSSR count). The number of likely N-dealkylation sites (N-methyl/N-ethyl adjacent to an activating group) is 1. The summed E-state index contributed by atoms with van der Waals surface area (Å²) in [5.74, 6) is 1.23. The molecule has 2 aromatic heterocycles. The second kappa shape index (κ2) is 10.7. The second-order valence-electron chi connectivity index (χ2n) is 7.93. The quantitative estimate of drug-likeness (QED) is 0.361. The van der Waals surface area contributed by atoms with Gasteiger partial charge >= 0.3 is 0 Å². The Labute approximate surface area is 204 Å². The van der Waals surface area contributed by atoms with E-state index in [0.29, 0.717) is 28.8 Å². The summed E-state index contributed by atoms with van der Waals surface area (Å²) in [6.45, 7) is 7.88. The predicted molar refractivity (Wildman–Crippen MR) is 138 cm³/mol. The van der Waals surface area contributed by atoms with Crippen molar-refractivity contribution in [3.05, 3.63) is 76.2 Å². The predicted octanol–water partition coefficient (Wildman–Crippen LogP) is 5.11. The first-order valence-electron chi connectivity index (χ1n) is 11.3. The first-order chi connectivity index (χ1) is 16.5. The van der Waals surface area contributed by atoms with Crippen LogP contribution in [0, 0.1) is 0 Å². The van der Waals surface area contributed by atoms with Gasteiger partial charge in [0.05, 0.1) is 0 Å². The zero-order chi connectivity index (χ0) is 24.1. The van der Waals surface area contributed by atoms with Crippen LogP contribution in [0.5, 0.6) is 5.75 Å². The molecule has 0 saturated heterocycles. The number of aryl methyl sites for hydroxylation is 1. The summed E-state index contributed by atoms with van der Waals surface area (Å²) >= 11 is 5.98. The molecule has 0 amide bonds. The van der Waals surface area contributed by atoms with E-state index in [0.717, 1.165) is 42.0 Å². The Morgan fingerprint density at radius 2 is 1.76 bits per heavy atom. The number of nitrogens with one attached hydrogen (secondary N) is 1. The number of fused-ring (bicyclic) bond motifs is 1. The van der Waals surface area contributed by atoms with E-state index in [-0.39, 0.29) is 5.56 Å².